The molecule has 1 atom stereocenters. The Bertz CT molecular complexity index is 418. The van der Waals surface area contributed by atoms with Crippen LogP contribution in [0.5, 0.6) is 0 Å². The molecule has 2 rings (SSSR count). The molecule has 1 saturated heterocycles. The van der Waals surface area contributed by atoms with Crippen molar-refractivity contribution >= 4 is 5.91 Å². The molecule has 0 aliphatic carbocycles. The highest BCUT2D eigenvalue weighted by Gasteiger charge is 2.35. The van der Waals surface area contributed by atoms with Crippen LogP contribution in [0.3, 0.4) is 0 Å². The first-order chi connectivity index (χ1) is 9.15. The first-order valence-corrected chi connectivity index (χ1v) is 7.10. The Morgan fingerprint density at radius 3 is 2.68 bits per heavy atom. The van der Waals surface area contributed by atoms with Crippen LogP contribution in [-0.2, 0) is 10.2 Å². The van der Waals surface area contributed by atoms with E-state index in [1.54, 1.807) is 0 Å². The summed E-state index contributed by atoms with van der Waals surface area (Å²) in [5.74, 6) is 0.256. The van der Waals surface area contributed by atoms with Crippen LogP contribution in [0, 0.1) is 0 Å². The number of nitrogens with zero attached hydrogens (tertiary/aromatic N) is 1. The van der Waals surface area contributed by atoms with Crippen LogP contribution in [-0.4, -0.2) is 35.6 Å². The van der Waals surface area contributed by atoms with Gasteiger partial charge in [-0.05, 0) is 24.8 Å². The zero-order valence-electron chi connectivity index (χ0n) is 11.6. The molecule has 1 aromatic rings. The van der Waals surface area contributed by atoms with Gasteiger partial charge in [-0.2, -0.15) is 0 Å². The third kappa shape index (κ3) is 3.35. The Balaban J connectivity index is 2.05. The highest BCUT2D eigenvalue weighted by atomic mass is 16.3. The van der Waals surface area contributed by atoms with Gasteiger partial charge < -0.3 is 10.0 Å². The third-order valence-corrected chi connectivity index (χ3v) is 4.09. The summed E-state index contributed by atoms with van der Waals surface area (Å²) in [6.07, 6.45) is 3.20. The predicted molar refractivity (Wildman–Crippen MR) is 75.9 cm³/mol. The molecule has 1 fully saturated rings. The van der Waals surface area contributed by atoms with E-state index in [0.717, 1.165) is 32.4 Å². The minimum absolute atomic E-state index is 0.0639. The molecule has 0 bridgehead atoms. The summed E-state index contributed by atoms with van der Waals surface area (Å²) in [7, 11) is 0. The fourth-order valence-electron chi connectivity index (χ4n) is 2.82. The van der Waals surface area contributed by atoms with E-state index < -0.39 is 0 Å². The van der Waals surface area contributed by atoms with Crippen LogP contribution < -0.4 is 0 Å². The Morgan fingerprint density at radius 2 is 2.00 bits per heavy atom. The summed E-state index contributed by atoms with van der Waals surface area (Å²) < 4.78 is 0. The van der Waals surface area contributed by atoms with Gasteiger partial charge in [-0.1, -0.05) is 37.3 Å². The Kier molecular flexibility index (Phi) is 4.59. The van der Waals surface area contributed by atoms with Crippen LogP contribution >= 0.6 is 0 Å². The number of benzene rings is 1. The number of carbonyl (C=O) groups excluding carboxylic acids is 1. The van der Waals surface area contributed by atoms with Gasteiger partial charge in [-0.25, -0.2) is 0 Å². The number of amides is 1. The average molecular weight is 261 g/mol. The van der Waals surface area contributed by atoms with Crippen LogP contribution in [0.15, 0.2) is 30.3 Å². The van der Waals surface area contributed by atoms with E-state index in [4.69, 9.17) is 5.11 Å². The number of aliphatic hydroxyl groups excluding tert-OH is 1. The van der Waals surface area contributed by atoms with Crippen molar-refractivity contribution in [3.63, 3.8) is 0 Å². The lowest BCUT2D eigenvalue weighted by Gasteiger charge is -2.40. The van der Waals surface area contributed by atoms with Gasteiger partial charge in [0, 0.05) is 31.5 Å². The lowest BCUT2D eigenvalue weighted by Crippen LogP contribution is -2.47. The van der Waals surface area contributed by atoms with Crippen molar-refractivity contribution in [2.45, 2.75) is 38.0 Å². The van der Waals surface area contributed by atoms with Crippen molar-refractivity contribution in [1.82, 2.24) is 4.90 Å². The second-order valence-electron chi connectivity index (χ2n) is 5.67. The first kappa shape index (κ1) is 14.1. The topological polar surface area (TPSA) is 40.5 Å². The summed E-state index contributed by atoms with van der Waals surface area (Å²) in [5.41, 5.74) is 1.38. The van der Waals surface area contributed by atoms with E-state index in [1.807, 2.05) is 11.0 Å². The van der Waals surface area contributed by atoms with Gasteiger partial charge in [-0.3, -0.25) is 4.79 Å². The van der Waals surface area contributed by atoms with Crippen molar-refractivity contribution in [2.75, 3.05) is 19.7 Å². The summed E-state index contributed by atoms with van der Waals surface area (Å²) in [6.45, 7) is 4.01. The predicted octanol–water partition coefficient (Wildman–Crippen LogP) is 2.34. The molecule has 0 radical (unpaired) electrons. The second kappa shape index (κ2) is 6.20. The monoisotopic (exact) mass is 261 g/mol. The average Bonchev–Trinajstić information content (AvgIpc) is 2.44. The Labute approximate surface area is 115 Å². The Morgan fingerprint density at radius 1 is 1.26 bits per heavy atom. The van der Waals surface area contributed by atoms with Gasteiger partial charge in [-0.15, -0.1) is 0 Å². The fraction of sp³-hybridized carbons (Fsp3) is 0.562. The maximum atomic E-state index is 12.0. The minimum Gasteiger partial charge on any atom is -0.396 e. The summed E-state index contributed by atoms with van der Waals surface area (Å²) in [6, 6.07) is 10.5. The number of hydrogen-bond donors (Lipinski definition) is 1. The molecule has 3 heteroatoms. The molecule has 0 aromatic heterocycles. The molecule has 1 aliphatic heterocycles. The maximum Gasteiger partial charge on any atom is 0.222 e. The van der Waals surface area contributed by atoms with E-state index in [2.05, 4.69) is 31.2 Å². The molecular formula is C16H23NO2. The number of hydrogen-bond acceptors (Lipinski definition) is 2. The summed E-state index contributed by atoms with van der Waals surface area (Å²) >= 11 is 0. The smallest absolute Gasteiger partial charge is 0.222 e. The molecule has 0 unspecified atom stereocenters. The highest BCUT2D eigenvalue weighted by Crippen LogP contribution is 2.34. The van der Waals surface area contributed by atoms with Gasteiger partial charge in [0.25, 0.3) is 0 Å². The molecule has 0 spiro atoms. The Hall–Kier alpha value is -1.35. The van der Waals surface area contributed by atoms with Crippen LogP contribution in [0.1, 0.15) is 38.2 Å². The number of carbonyl (C=O) groups is 1. The standard InChI is InChI=1S/C16H23NO2/c1-16(14-7-3-2-4-8-14)10-9-15(19)17(13-16)11-5-6-12-18/h2-4,7-8,18H,5-6,9-13H2,1H3/t16-/m0/s1. The van der Waals surface area contributed by atoms with E-state index in [0.29, 0.717) is 6.42 Å². The number of unbranched alkanes of at least 4 members (excludes halogenated alkanes) is 1. The number of likely N-dealkylation sites (tertiary alicyclic amines) is 1. The molecule has 1 N–H and O–H groups in total. The van der Waals surface area contributed by atoms with E-state index >= 15 is 0 Å². The van der Waals surface area contributed by atoms with Crippen molar-refractivity contribution in [2.24, 2.45) is 0 Å². The zero-order chi connectivity index (χ0) is 13.7. The van der Waals surface area contributed by atoms with E-state index in [9.17, 15) is 4.79 Å². The molecule has 104 valence electrons. The molecule has 1 heterocycles. The molecular weight excluding hydrogens is 238 g/mol. The van der Waals surface area contributed by atoms with Crippen molar-refractivity contribution < 1.29 is 9.90 Å². The van der Waals surface area contributed by atoms with Gasteiger partial charge >= 0.3 is 0 Å². The molecule has 1 aromatic carbocycles. The largest absolute Gasteiger partial charge is 0.396 e. The van der Waals surface area contributed by atoms with Gasteiger partial charge in [0.15, 0.2) is 0 Å². The third-order valence-electron chi connectivity index (χ3n) is 4.09. The second-order valence-corrected chi connectivity index (χ2v) is 5.67. The quantitative estimate of drug-likeness (QED) is 0.826. The molecule has 3 nitrogen and oxygen atoms in total. The highest BCUT2D eigenvalue weighted by molar-refractivity contribution is 5.77. The number of rotatable bonds is 5. The molecule has 1 amide bonds. The summed E-state index contributed by atoms with van der Waals surface area (Å²) in [4.78, 5) is 13.9. The van der Waals surface area contributed by atoms with Gasteiger partial charge in [0.05, 0.1) is 0 Å². The van der Waals surface area contributed by atoms with E-state index in [-0.39, 0.29) is 17.9 Å². The zero-order valence-corrected chi connectivity index (χ0v) is 11.6. The first-order valence-electron chi connectivity index (χ1n) is 7.10. The number of piperidine rings is 1. The number of aliphatic hydroxyl groups is 1. The van der Waals surface area contributed by atoms with E-state index in [1.165, 1.54) is 5.56 Å². The lowest BCUT2D eigenvalue weighted by atomic mass is 9.75. The molecule has 1 aliphatic rings. The minimum atomic E-state index is 0.0639. The summed E-state index contributed by atoms with van der Waals surface area (Å²) in [5, 5.41) is 8.84. The van der Waals surface area contributed by atoms with Crippen LogP contribution in [0.4, 0.5) is 0 Å². The van der Waals surface area contributed by atoms with Crippen molar-refractivity contribution in [3.05, 3.63) is 35.9 Å². The van der Waals surface area contributed by atoms with Gasteiger partial charge in [0.1, 0.15) is 0 Å². The maximum absolute atomic E-state index is 12.0. The lowest BCUT2D eigenvalue weighted by molar-refractivity contribution is -0.135. The van der Waals surface area contributed by atoms with Gasteiger partial charge in [0.2, 0.25) is 5.91 Å². The van der Waals surface area contributed by atoms with Crippen molar-refractivity contribution in [3.8, 4) is 0 Å². The van der Waals surface area contributed by atoms with Crippen molar-refractivity contribution in [1.29, 1.82) is 0 Å². The molecule has 0 saturated carbocycles. The molecule has 19 heavy (non-hydrogen) atoms. The van der Waals surface area contributed by atoms with Crippen LogP contribution in [0.25, 0.3) is 0 Å². The van der Waals surface area contributed by atoms with Crippen LogP contribution in [0.2, 0.25) is 0 Å². The normalized spacial score (nSPS) is 23.7. The fourth-order valence-corrected chi connectivity index (χ4v) is 2.82. The SMILES string of the molecule is C[C@]1(c2ccccc2)CCC(=O)N(CCCCO)C1.